The van der Waals surface area contributed by atoms with Gasteiger partial charge in [0.05, 0.1) is 17.9 Å². The van der Waals surface area contributed by atoms with Gasteiger partial charge in [-0.3, -0.25) is 4.98 Å². The number of benzene rings is 1. The molecular weight excluding hydrogens is 286 g/mol. The number of nitrogens with zero attached hydrogens (tertiary/aromatic N) is 3. The predicted molar refractivity (Wildman–Crippen MR) is 93.9 cm³/mol. The molecule has 0 atom stereocenters. The first-order valence-corrected chi connectivity index (χ1v) is 7.69. The summed E-state index contributed by atoms with van der Waals surface area (Å²) >= 11 is 0. The molecule has 1 aromatic carbocycles. The maximum atomic E-state index is 9.39. The van der Waals surface area contributed by atoms with Crippen LogP contribution in [0.25, 0.3) is 11.6 Å². The van der Waals surface area contributed by atoms with Gasteiger partial charge in [0.1, 0.15) is 6.07 Å². The zero-order chi connectivity index (χ0) is 16.7. The Labute approximate surface area is 137 Å². The van der Waals surface area contributed by atoms with Crippen LogP contribution in [0.3, 0.4) is 0 Å². The molecule has 0 fully saturated rings. The lowest BCUT2D eigenvalue weighted by molar-refractivity contribution is 0.302. The molecule has 2 rings (SSSR count). The summed E-state index contributed by atoms with van der Waals surface area (Å²) < 4.78 is 0. The minimum absolute atomic E-state index is 0.132. The Kier molecular flexibility index (Phi) is 5.90. The van der Waals surface area contributed by atoms with Crippen molar-refractivity contribution in [2.45, 2.75) is 13.8 Å². The van der Waals surface area contributed by atoms with Crippen LogP contribution in [-0.2, 0) is 0 Å². The number of nitriles is 1. The monoisotopic (exact) mass is 307 g/mol. The second-order valence-corrected chi connectivity index (χ2v) is 5.23. The van der Waals surface area contributed by atoms with E-state index in [-0.39, 0.29) is 6.61 Å². The van der Waals surface area contributed by atoms with Gasteiger partial charge in [0.15, 0.2) is 0 Å². The molecule has 0 unspecified atom stereocenters. The number of aliphatic hydroxyl groups is 1. The molecule has 1 aromatic heterocycles. The smallest absolute Gasteiger partial charge is 0.101 e. The normalized spacial score (nSPS) is 11.1. The summed E-state index contributed by atoms with van der Waals surface area (Å²) in [5.41, 5.74) is 4.38. The number of rotatable bonds is 6. The van der Waals surface area contributed by atoms with Gasteiger partial charge < -0.3 is 10.0 Å². The largest absolute Gasteiger partial charge is 0.395 e. The predicted octanol–water partition coefficient (Wildman–Crippen LogP) is 3.27. The quantitative estimate of drug-likeness (QED) is 0.832. The first-order chi connectivity index (χ1) is 11.2. The van der Waals surface area contributed by atoms with Crippen LogP contribution in [0, 0.1) is 18.3 Å². The summed E-state index contributed by atoms with van der Waals surface area (Å²) in [6.07, 6.45) is 3.55. The van der Waals surface area contributed by atoms with Gasteiger partial charge >= 0.3 is 0 Å². The Bertz CT molecular complexity index is 717. The summed E-state index contributed by atoms with van der Waals surface area (Å²) in [6, 6.07) is 13.9. The Morgan fingerprint density at radius 1 is 1.35 bits per heavy atom. The summed E-state index contributed by atoms with van der Waals surface area (Å²) in [4.78, 5) is 6.35. The van der Waals surface area contributed by atoms with Gasteiger partial charge in [0.2, 0.25) is 0 Å². The van der Waals surface area contributed by atoms with E-state index < -0.39 is 0 Å². The summed E-state index contributed by atoms with van der Waals surface area (Å²) in [5.74, 6) is 0. The molecule has 0 radical (unpaired) electrons. The number of hydrogen-bond acceptors (Lipinski definition) is 4. The molecule has 0 aliphatic heterocycles. The minimum Gasteiger partial charge on any atom is -0.395 e. The summed E-state index contributed by atoms with van der Waals surface area (Å²) in [6.45, 7) is 5.67. The van der Waals surface area contributed by atoms with Crippen molar-refractivity contribution in [3.63, 3.8) is 0 Å². The molecule has 118 valence electrons. The summed E-state index contributed by atoms with van der Waals surface area (Å²) in [7, 11) is 0. The van der Waals surface area contributed by atoms with E-state index in [4.69, 9.17) is 5.11 Å². The fourth-order valence-electron chi connectivity index (χ4n) is 2.45. The van der Waals surface area contributed by atoms with Crippen molar-refractivity contribution >= 4 is 17.3 Å². The third-order valence-corrected chi connectivity index (χ3v) is 3.73. The third-order valence-electron chi connectivity index (χ3n) is 3.73. The second-order valence-electron chi connectivity index (χ2n) is 5.23. The molecule has 0 bridgehead atoms. The average Bonchev–Trinajstić information content (AvgIpc) is 2.59. The first kappa shape index (κ1) is 16.7. The molecule has 1 N–H and O–H groups in total. The van der Waals surface area contributed by atoms with Crippen molar-refractivity contribution in [2.75, 3.05) is 24.6 Å². The van der Waals surface area contributed by atoms with Crippen molar-refractivity contribution in [1.82, 2.24) is 4.98 Å². The van der Waals surface area contributed by atoms with Gasteiger partial charge in [0.25, 0.3) is 0 Å². The standard InChI is InChI=1S/C19H21N3O/c1-3-22(10-11-23)18-8-7-16(15(2)12-18)13-17(14-20)19-6-4-5-9-21-19/h4-9,12-13,23H,3,10-11H2,1-2H3/b17-13+. The molecule has 0 spiro atoms. The molecule has 4 heteroatoms. The molecule has 0 aliphatic carbocycles. The lowest BCUT2D eigenvalue weighted by Crippen LogP contribution is -2.26. The summed E-state index contributed by atoms with van der Waals surface area (Å²) in [5, 5.41) is 18.5. The van der Waals surface area contributed by atoms with E-state index in [1.807, 2.05) is 43.3 Å². The Morgan fingerprint density at radius 2 is 2.17 bits per heavy atom. The minimum atomic E-state index is 0.132. The van der Waals surface area contributed by atoms with Gasteiger partial charge in [-0.1, -0.05) is 12.1 Å². The zero-order valence-corrected chi connectivity index (χ0v) is 13.5. The van der Waals surface area contributed by atoms with E-state index in [1.165, 1.54) is 0 Å². The van der Waals surface area contributed by atoms with Crippen LogP contribution in [0.5, 0.6) is 0 Å². The number of pyridine rings is 1. The zero-order valence-electron chi connectivity index (χ0n) is 13.5. The molecule has 1 heterocycles. The molecule has 0 aliphatic rings. The second kappa shape index (κ2) is 8.11. The van der Waals surface area contributed by atoms with Crippen LogP contribution in [-0.4, -0.2) is 29.8 Å². The molecular formula is C19H21N3O. The fraction of sp³-hybridized carbons (Fsp3) is 0.263. The van der Waals surface area contributed by atoms with Crippen LogP contribution in [0.4, 0.5) is 5.69 Å². The SMILES string of the molecule is CCN(CCO)c1ccc(/C=C(\C#N)c2ccccn2)c(C)c1. The highest BCUT2D eigenvalue weighted by molar-refractivity contribution is 5.89. The van der Waals surface area contributed by atoms with Gasteiger partial charge in [-0.2, -0.15) is 5.26 Å². The Balaban J connectivity index is 2.34. The van der Waals surface area contributed by atoms with Gasteiger partial charge in [-0.15, -0.1) is 0 Å². The highest BCUT2D eigenvalue weighted by Crippen LogP contribution is 2.23. The van der Waals surface area contributed by atoms with E-state index in [1.54, 1.807) is 6.20 Å². The third kappa shape index (κ3) is 4.18. The first-order valence-electron chi connectivity index (χ1n) is 7.69. The molecule has 0 saturated carbocycles. The topological polar surface area (TPSA) is 60.1 Å². The van der Waals surface area contributed by atoms with Crippen LogP contribution in [0.15, 0.2) is 42.6 Å². The van der Waals surface area contributed by atoms with E-state index in [9.17, 15) is 5.26 Å². The average molecular weight is 307 g/mol. The van der Waals surface area contributed by atoms with E-state index in [0.29, 0.717) is 17.8 Å². The van der Waals surface area contributed by atoms with Gasteiger partial charge in [-0.05, 0) is 55.3 Å². The molecule has 0 amide bonds. The van der Waals surface area contributed by atoms with Crippen LogP contribution in [0.1, 0.15) is 23.7 Å². The number of aryl methyl sites for hydroxylation is 1. The molecule has 4 nitrogen and oxygen atoms in total. The lowest BCUT2D eigenvalue weighted by Gasteiger charge is -2.22. The Morgan fingerprint density at radius 3 is 2.74 bits per heavy atom. The number of likely N-dealkylation sites (N-methyl/N-ethyl adjacent to an activating group) is 1. The van der Waals surface area contributed by atoms with Crippen molar-refractivity contribution in [3.05, 3.63) is 59.4 Å². The highest BCUT2D eigenvalue weighted by atomic mass is 16.3. The van der Waals surface area contributed by atoms with E-state index in [0.717, 1.165) is 23.4 Å². The van der Waals surface area contributed by atoms with E-state index >= 15 is 0 Å². The number of anilines is 1. The maximum Gasteiger partial charge on any atom is 0.101 e. The lowest BCUT2D eigenvalue weighted by atomic mass is 10.0. The van der Waals surface area contributed by atoms with Gasteiger partial charge in [0, 0.05) is 25.0 Å². The molecule has 0 saturated heterocycles. The van der Waals surface area contributed by atoms with Crippen molar-refractivity contribution in [3.8, 4) is 6.07 Å². The number of aromatic nitrogens is 1. The maximum absolute atomic E-state index is 9.39. The van der Waals surface area contributed by atoms with Crippen molar-refractivity contribution < 1.29 is 5.11 Å². The van der Waals surface area contributed by atoms with Crippen molar-refractivity contribution in [2.24, 2.45) is 0 Å². The number of allylic oxidation sites excluding steroid dienone is 1. The van der Waals surface area contributed by atoms with E-state index in [2.05, 4.69) is 28.9 Å². The fourth-order valence-corrected chi connectivity index (χ4v) is 2.45. The van der Waals surface area contributed by atoms with Crippen molar-refractivity contribution in [1.29, 1.82) is 5.26 Å². The van der Waals surface area contributed by atoms with Crippen LogP contribution in [0.2, 0.25) is 0 Å². The molecule has 2 aromatic rings. The van der Waals surface area contributed by atoms with Crippen LogP contribution < -0.4 is 4.90 Å². The highest BCUT2D eigenvalue weighted by Gasteiger charge is 2.07. The van der Waals surface area contributed by atoms with Crippen LogP contribution >= 0.6 is 0 Å². The van der Waals surface area contributed by atoms with Gasteiger partial charge in [-0.25, -0.2) is 0 Å². The Hall–Kier alpha value is -2.64. The molecule has 23 heavy (non-hydrogen) atoms. The number of aliphatic hydroxyl groups excluding tert-OH is 1. The number of hydrogen-bond donors (Lipinski definition) is 1.